The van der Waals surface area contributed by atoms with E-state index >= 15 is 0 Å². The van der Waals surface area contributed by atoms with Crippen LogP contribution in [-0.4, -0.2) is 28.2 Å². The molecule has 0 unspecified atom stereocenters. The van der Waals surface area contributed by atoms with Gasteiger partial charge < -0.3 is 19.4 Å². The van der Waals surface area contributed by atoms with Crippen LogP contribution in [0.2, 0.25) is 0 Å². The molecule has 1 saturated heterocycles. The van der Waals surface area contributed by atoms with Crippen LogP contribution in [0.3, 0.4) is 0 Å². The van der Waals surface area contributed by atoms with E-state index in [0.29, 0.717) is 11.3 Å². The Morgan fingerprint density at radius 2 is 1.81 bits per heavy atom. The minimum Gasteiger partial charge on any atom is -0.400 e. The highest BCUT2D eigenvalue weighted by molar-refractivity contribution is 6.52. The van der Waals surface area contributed by atoms with Crippen LogP contribution in [0.4, 0.5) is 5.82 Å². The molecule has 0 aliphatic carbocycles. The second kappa shape index (κ2) is 5.24. The lowest BCUT2D eigenvalue weighted by Gasteiger charge is -2.32. The molecule has 0 atom stereocenters. The van der Waals surface area contributed by atoms with E-state index in [9.17, 15) is 10.1 Å². The van der Waals surface area contributed by atoms with Crippen molar-refractivity contribution < 1.29 is 14.2 Å². The molecule has 1 fully saturated rings. The number of hydrogen-bond acceptors (Lipinski definition) is 5. The molecule has 0 bridgehead atoms. The summed E-state index contributed by atoms with van der Waals surface area (Å²) in [5.74, 6) is 1.59. The normalized spacial score (nSPS) is 20.1. The van der Waals surface area contributed by atoms with Gasteiger partial charge in [-0.15, -0.1) is 0 Å². The van der Waals surface area contributed by atoms with Gasteiger partial charge in [-0.3, -0.25) is 0 Å². The lowest BCUT2D eigenvalue weighted by Crippen LogP contribution is -2.41. The molecule has 0 amide bonds. The third kappa shape index (κ3) is 3.14. The standard InChI is InChI=1S/C14H19BN2O4/c1-10-6-7-11(16-12(10)17(18)19)8-9-15-20-13(2,3)14(4,5)21-15/h6-9H,1-5H3/b9-8+. The van der Waals surface area contributed by atoms with Crippen LogP contribution < -0.4 is 0 Å². The first kappa shape index (κ1) is 15.7. The summed E-state index contributed by atoms with van der Waals surface area (Å²) in [6.45, 7) is 9.53. The average molecular weight is 290 g/mol. The zero-order valence-corrected chi connectivity index (χ0v) is 12.9. The van der Waals surface area contributed by atoms with Crippen LogP contribution in [0.1, 0.15) is 39.0 Å². The maximum Gasteiger partial charge on any atom is 0.487 e. The van der Waals surface area contributed by atoms with Crippen molar-refractivity contribution in [1.82, 2.24) is 4.98 Å². The van der Waals surface area contributed by atoms with Gasteiger partial charge in [0.15, 0.2) is 5.69 Å². The lowest BCUT2D eigenvalue weighted by molar-refractivity contribution is -0.390. The smallest absolute Gasteiger partial charge is 0.400 e. The Hall–Kier alpha value is -1.73. The predicted molar refractivity (Wildman–Crippen MR) is 80.7 cm³/mol. The van der Waals surface area contributed by atoms with E-state index in [2.05, 4.69) is 4.98 Å². The summed E-state index contributed by atoms with van der Waals surface area (Å²) < 4.78 is 11.6. The van der Waals surface area contributed by atoms with Gasteiger partial charge in [-0.1, -0.05) is 0 Å². The molecule has 7 heteroatoms. The molecular formula is C14H19BN2O4. The highest BCUT2D eigenvalue weighted by Crippen LogP contribution is 2.37. The molecule has 0 N–H and O–H groups in total. The number of aromatic nitrogens is 1. The molecule has 6 nitrogen and oxygen atoms in total. The van der Waals surface area contributed by atoms with E-state index in [-0.39, 0.29) is 5.82 Å². The Bertz CT molecular complexity index is 583. The maximum atomic E-state index is 10.9. The number of rotatable bonds is 3. The van der Waals surface area contributed by atoms with E-state index in [1.165, 1.54) is 0 Å². The van der Waals surface area contributed by atoms with Gasteiger partial charge in [-0.2, -0.15) is 0 Å². The summed E-state index contributed by atoms with van der Waals surface area (Å²) in [5, 5.41) is 10.9. The molecule has 0 spiro atoms. The summed E-state index contributed by atoms with van der Waals surface area (Å²) in [6.07, 6.45) is 1.68. The molecule has 1 aromatic heterocycles. The van der Waals surface area contributed by atoms with Gasteiger partial charge in [0.1, 0.15) is 0 Å². The first-order chi connectivity index (χ1) is 9.62. The zero-order valence-electron chi connectivity index (χ0n) is 12.9. The van der Waals surface area contributed by atoms with Gasteiger partial charge in [0.05, 0.1) is 11.2 Å². The SMILES string of the molecule is Cc1ccc(/C=C/B2OC(C)(C)C(C)(C)O2)nc1[N+](=O)[O-]. The van der Waals surface area contributed by atoms with E-state index in [4.69, 9.17) is 9.31 Å². The van der Waals surface area contributed by atoms with Gasteiger partial charge in [-0.25, -0.2) is 0 Å². The van der Waals surface area contributed by atoms with Crippen molar-refractivity contribution in [2.24, 2.45) is 0 Å². The Morgan fingerprint density at radius 3 is 2.33 bits per heavy atom. The third-order valence-electron chi connectivity index (χ3n) is 3.96. The quantitative estimate of drug-likeness (QED) is 0.486. The predicted octanol–water partition coefficient (Wildman–Crippen LogP) is 2.94. The second-order valence-electron chi connectivity index (χ2n) is 6.12. The molecule has 2 heterocycles. The molecule has 0 saturated carbocycles. The zero-order chi connectivity index (χ0) is 15.8. The molecule has 21 heavy (non-hydrogen) atoms. The Labute approximate surface area is 124 Å². The Kier molecular flexibility index (Phi) is 3.90. The minimum atomic E-state index is -0.489. The fraction of sp³-hybridized carbons (Fsp3) is 0.500. The number of hydrogen-bond donors (Lipinski definition) is 0. The third-order valence-corrected chi connectivity index (χ3v) is 3.96. The summed E-state index contributed by atoms with van der Waals surface area (Å²) >= 11 is 0. The van der Waals surface area contributed by atoms with Gasteiger partial charge in [0.25, 0.3) is 0 Å². The number of nitro groups is 1. The first-order valence-corrected chi connectivity index (χ1v) is 6.78. The molecule has 1 aromatic rings. The van der Waals surface area contributed by atoms with Crippen LogP contribution in [0.5, 0.6) is 0 Å². The van der Waals surface area contributed by atoms with Crippen molar-refractivity contribution in [2.75, 3.05) is 0 Å². The van der Waals surface area contributed by atoms with Crippen molar-refractivity contribution in [3.05, 3.63) is 39.5 Å². The molecule has 1 aliphatic rings. The summed E-state index contributed by atoms with van der Waals surface area (Å²) in [5.41, 5.74) is 0.221. The van der Waals surface area contributed by atoms with Crippen molar-refractivity contribution in [2.45, 2.75) is 45.8 Å². The fourth-order valence-corrected chi connectivity index (χ4v) is 1.95. The average Bonchev–Trinajstić information content (AvgIpc) is 2.56. The van der Waals surface area contributed by atoms with E-state index in [0.717, 1.165) is 0 Å². The molecule has 0 radical (unpaired) electrons. The summed E-state index contributed by atoms with van der Waals surface area (Å²) in [7, 11) is -0.489. The van der Waals surface area contributed by atoms with Crippen LogP contribution in [0.15, 0.2) is 18.1 Å². The largest absolute Gasteiger partial charge is 0.487 e. The number of aryl methyl sites for hydroxylation is 1. The van der Waals surface area contributed by atoms with Gasteiger partial charge >= 0.3 is 12.9 Å². The van der Waals surface area contributed by atoms with Crippen molar-refractivity contribution >= 4 is 19.0 Å². The fourth-order valence-electron chi connectivity index (χ4n) is 1.95. The van der Waals surface area contributed by atoms with Gasteiger partial charge in [0, 0.05) is 5.56 Å². The van der Waals surface area contributed by atoms with E-state index < -0.39 is 23.2 Å². The summed E-state index contributed by atoms with van der Waals surface area (Å²) in [4.78, 5) is 14.4. The monoisotopic (exact) mass is 290 g/mol. The van der Waals surface area contributed by atoms with Crippen LogP contribution in [-0.2, 0) is 9.31 Å². The molecule has 0 aromatic carbocycles. The highest BCUT2D eigenvalue weighted by atomic mass is 16.7. The highest BCUT2D eigenvalue weighted by Gasteiger charge is 2.50. The molecular weight excluding hydrogens is 271 g/mol. The van der Waals surface area contributed by atoms with Crippen molar-refractivity contribution in [3.63, 3.8) is 0 Å². The minimum absolute atomic E-state index is 0.133. The van der Waals surface area contributed by atoms with Crippen LogP contribution >= 0.6 is 0 Å². The second-order valence-corrected chi connectivity index (χ2v) is 6.12. The van der Waals surface area contributed by atoms with Crippen LogP contribution in [0, 0.1) is 17.0 Å². The van der Waals surface area contributed by atoms with Crippen molar-refractivity contribution in [1.29, 1.82) is 0 Å². The van der Waals surface area contributed by atoms with E-state index in [1.807, 2.05) is 27.7 Å². The van der Waals surface area contributed by atoms with Crippen molar-refractivity contribution in [3.8, 4) is 0 Å². The van der Waals surface area contributed by atoms with E-state index in [1.54, 1.807) is 31.1 Å². The first-order valence-electron chi connectivity index (χ1n) is 6.78. The molecule has 1 aliphatic heterocycles. The lowest BCUT2D eigenvalue weighted by atomic mass is 9.89. The Morgan fingerprint density at radius 1 is 1.24 bits per heavy atom. The number of nitrogens with zero attached hydrogens (tertiary/aromatic N) is 2. The van der Waals surface area contributed by atoms with Gasteiger partial charge in [-0.05, 0) is 68.7 Å². The maximum absolute atomic E-state index is 10.9. The number of pyridine rings is 1. The molecule has 112 valence electrons. The Balaban J connectivity index is 2.16. The van der Waals surface area contributed by atoms with Crippen LogP contribution in [0.25, 0.3) is 6.08 Å². The molecule has 2 rings (SSSR count). The summed E-state index contributed by atoms with van der Waals surface area (Å²) in [6, 6.07) is 3.40. The van der Waals surface area contributed by atoms with Gasteiger partial charge in [0.2, 0.25) is 0 Å². The topological polar surface area (TPSA) is 74.5 Å².